The van der Waals surface area contributed by atoms with Crippen LogP contribution in [-0.4, -0.2) is 17.4 Å². The van der Waals surface area contributed by atoms with Gasteiger partial charge in [0, 0.05) is 11.9 Å². The molecule has 1 aromatic heterocycles. The second-order valence-electron chi connectivity index (χ2n) is 3.97. The molecule has 0 aliphatic rings. The van der Waals surface area contributed by atoms with Gasteiger partial charge in [0.2, 0.25) is 0 Å². The second kappa shape index (κ2) is 5.46. The highest BCUT2D eigenvalue weighted by atomic mass is 16.1. The van der Waals surface area contributed by atoms with Crippen molar-refractivity contribution >= 4 is 22.6 Å². The molecule has 18 heavy (non-hydrogen) atoms. The number of hydrogen-bond donors (Lipinski definition) is 3. The number of nitrogen functional groups attached to an aromatic ring is 1. The van der Waals surface area contributed by atoms with Gasteiger partial charge in [0.1, 0.15) is 5.82 Å². The van der Waals surface area contributed by atoms with Gasteiger partial charge in [-0.05, 0) is 18.6 Å². The lowest BCUT2D eigenvalue weighted by molar-refractivity contribution is 0.0955. The largest absolute Gasteiger partial charge is 0.352 e. The van der Waals surface area contributed by atoms with Crippen molar-refractivity contribution < 1.29 is 4.79 Å². The number of aromatic nitrogens is 1. The molecule has 0 atom stereocenters. The highest BCUT2D eigenvalue weighted by Crippen LogP contribution is 2.20. The van der Waals surface area contributed by atoms with Gasteiger partial charge in [-0.2, -0.15) is 0 Å². The van der Waals surface area contributed by atoms with Crippen LogP contribution in [0.3, 0.4) is 0 Å². The van der Waals surface area contributed by atoms with Crippen LogP contribution in [0.25, 0.3) is 10.9 Å². The number of amides is 1. The Balaban J connectivity index is 2.49. The molecule has 1 amide bonds. The van der Waals surface area contributed by atoms with Gasteiger partial charge in [0.15, 0.2) is 0 Å². The van der Waals surface area contributed by atoms with Gasteiger partial charge in [0.05, 0.1) is 11.1 Å². The molecule has 0 saturated heterocycles. The van der Waals surface area contributed by atoms with Gasteiger partial charge in [-0.15, -0.1) is 0 Å². The smallest absolute Gasteiger partial charge is 0.252 e. The molecule has 0 aliphatic carbocycles. The van der Waals surface area contributed by atoms with Crippen LogP contribution in [0.15, 0.2) is 30.3 Å². The van der Waals surface area contributed by atoms with E-state index in [4.69, 9.17) is 5.84 Å². The number of carbonyl (C=O) groups is 1. The maximum Gasteiger partial charge on any atom is 0.252 e. The number of nitrogens with two attached hydrogens (primary N) is 1. The first kappa shape index (κ1) is 12.3. The van der Waals surface area contributed by atoms with Gasteiger partial charge in [-0.25, -0.2) is 10.8 Å². The summed E-state index contributed by atoms with van der Waals surface area (Å²) in [5.74, 6) is 5.74. The maximum atomic E-state index is 12.1. The fourth-order valence-corrected chi connectivity index (χ4v) is 1.77. The van der Waals surface area contributed by atoms with E-state index in [1.165, 1.54) is 0 Å². The minimum absolute atomic E-state index is 0.105. The topological polar surface area (TPSA) is 80.0 Å². The van der Waals surface area contributed by atoms with Crippen LogP contribution >= 0.6 is 0 Å². The molecule has 4 N–H and O–H groups in total. The van der Waals surface area contributed by atoms with Crippen LogP contribution in [-0.2, 0) is 0 Å². The molecular formula is C13H16N4O. The van der Waals surface area contributed by atoms with Crippen molar-refractivity contribution in [2.45, 2.75) is 13.3 Å². The van der Waals surface area contributed by atoms with Gasteiger partial charge >= 0.3 is 0 Å². The molecular weight excluding hydrogens is 228 g/mol. The summed E-state index contributed by atoms with van der Waals surface area (Å²) in [5.41, 5.74) is 3.81. The molecule has 5 nitrogen and oxygen atoms in total. The van der Waals surface area contributed by atoms with Crippen molar-refractivity contribution in [2.24, 2.45) is 5.84 Å². The number of nitrogens with one attached hydrogen (secondary N) is 2. The van der Waals surface area contributed by atoms with Crippen LogP contribution < -0.4 is 16.6 Å². The molecule has 5 heteroatoms. The number of rotatable bonds is 4. The van der Waals surface area contributed by atoms with E-state index in [0.29, 0.717) is 17.9 Å². The number of fused-ring (bicyclic) bond motifs is 1. The average molecular weight is 244 g/mol. The summed E-state index contributed by atoms with van der Waals surface area (Å²) in [7, 11) is 0. The van der Waals surface area contributed by atoms with E-state index in [-0.39, 0.29) is 5.91 Å². The average Bonchev–Trinajstić information content (AvgIpc) is 2.43. The van der Waals surface area contributed by atoms with Gasteiger partial charge in [-0.3, -0.25) is 4.79 Å². The van der Waals surface area contributed by atoms with Crippen molar-refractivity contribution in [1.29, 1.82) is 0 Å². The Bertz CT molecular complexity index is 568. The van der Waals surface area contributed by atoms with E-state index in [9.17, 15) is 4.79 Å². The van der Waals surface area contributed by atoms with Crippen LogP contribution in [0, 0.1) is 0 Å². The standard InChI is InChI=1S/C13H16N4O/c1-2-7-15-13(18)10-8-12(17-14)16-11-6-4-3-5-9(10)11/h3-6,8H,2,7,14H2,1H3,(H,15,18)(H,16,17). The first-order chi connectivity index (χ1) is 8.76. The van der Waals surface area contributed by atoms with Crippen LogP contribution in [0.4, 0.5) is 5.82 Å². The number of carbonyl (C=O) groups excluding carboxylic acids is 1. The van der Waals surface area contributed by atoms with E-state index in [1.807, 2.05) is 31.2 Å². The summed E-state index contributed by atoms with van der Waals surface area (Å²) in [6, 6.07) is 9.16. The van der Waals surface area contributed by atoms with E-state index >= 15 is 0 Å². The number of benzene rings is 1. The molecule has 0 unspecified atom stereocenters. The van der Waals surface area contributed by atoms with Crippen molar-refractivity contribution in [3.8, 4) is 0 Å². The highest BCUT2D eigenvalue weighted by molar-refractivity contribution is 6.06. The predicted molar refractivity (Wildman–Crippen MR) is 72.2 cm³/mol. The molecule has 1 aromatic carbocycles. The zero-order valence-corrected chi connectivity index (χ0v) is 10.2. The summed E-state index contributed by atoms with van der Waals surface area (Å²) in [4.78, 5) is 16.4. The van der Waals surface area contributed by atoms with E-state index < -0.39 is 0 Å². The van der Waals surface area contributed by atoms with Crippen LogP contribution in [0.5, 0.6) is 0 Å². The highest BCUT2D eigenvalue weighted by Gasteiger charge is 2.11. The Kier molecular flexibility index (Phi) is 3.74. The minimum atomic E-state index is -0.105. The first-order valence-corrected chi connectivity index (χ1v) is 5.91. The third-order valence-corrected chi connectivity index (χ3v) is 2.64. The lowest BCUT2D eigenvalue weighted by Gasteiger charge is -2.09. The molecule has 0 spiro atoms. The van der Waals surface area contributed by atoms with Crippen molar-refractivity contribution in [3.63, 3.8) is 0 Å². The van der Waals surface area contributed by atoms with Crippen LogP contribution in [0.2, 0.25) is 0 Å². The Morgan fingerprint density at radius 2 is 2.17 bits per heavy atom. The van der Waals surface area contributed by atoms with Gasteiger partial charge < -0.3 is 10.7 Å². The van der Waals surface area contributed by atoms with E-state index in [2.05, 4.69) is 15.7 Å². The van der Waals surface area contributed by atoms with Gasteiger partial charge in [0.25, 0.3) is 5.91 Å². The second-order valence-corrected chi connectivity index (χ2v) is 3.97. The number of nitrogens with zero attached hydrogens (tertiary/aromatic N) is 1. The number of anilines is 1. The molecule has 2 rings (SSSR count). The summed E-state index contributed by atoms with van der Waals surface area (Å²) < 4.78 is 0. The Morgan fingerprint density at radius 1 is 1.39 bits per heavy atom. The number of pyridine rings is 1. The third kappa shape index (κ3) is 2.41. The lowest BCUT2D eigenvalue weighted by Crippen LogP contribution is -2.24. The molecule has 2 aromatic rings. The molecule has 0 radical (unpaired) electrons. The van der Waals surface area contributed by atoms with Crippen LogP contribution in [0.1, 0.15) is 23.7 Å². The fourth-order valence-electron chi connectivity index (χ4n) is 1.77. The first-order valence-electron chi connectivity index (χ1n) is 5.91. The Labute approximate surface area is 105 Å². The van der Waals surface area contributed by atoms with Gasteiger partial charge in [-0.1, -0.05) is 25.1 Å². The number of hydrogen-bond acceptors (Lipinski definition) is 4. The Morgan fingerprint density at radius 3 is 2.89 bits per heavy atom. The van der Waals surface area contributed by atoms with Crippen molar-refractivity contribution in [2.75, 3.05) is 12.0 Å². The molecule has 0 aliphatic heterocycles. The summed E-state index contributed by atoms with van der Waals surface area (Å²) >= 11 is 0. The SMILES string of the molecule is CCCNC(=O)c1cc(NN)nc2ccccc12. The monoisotopic (exact) mass is 244 g/mol. The fraction of sp³-hybridized carbons (Fsp3) is 0.231. The summed E-state index contributed by atoms with van der Waals surface area (Å²) in [5, 5.41) is 3.68. The van der Waals surface area contributed by atoms with Crippen molar-refractivity contribution in [3.05, 3.63) is 35.9 Å². The van der Waals surface area contributed by atoms with E-state index in [1.54, 1.807) is 6.07 Å². The lowest BCUT2D eigenvalue weighted by atomic mass is 10.1. The third-order valence-electron chi connectivity index (χ3n) is 2.64. The van der Waals surface area contributed by atoms with E-state index in [0.717, 1.165) is 17.3 Å². The van der Waals surface area contributed by atoms with Crippen molar-refractivity contribution in [1.82, 2.24) is 10.3 Å². The maximum absolute atomic E-state index is 12.1. The zero-order chi connectivity index (χ0) is 13.0. The predicted octanol–water partition coefficient (Wildman–Crippen LogP) is 1.66. The number of hydrazine groups is 1. The molecule has 94 valence electrons. The quantitative estimate of drug-likeness (QED) is 0.564. The Hall–Kier alpha value is -2.14. The molecule has 1 heterocycles. The normalized spacial score (nSPS) is 10.3. The zero-order valence-electron chi connectivity index (χ0n) is 10.2. The molecule has 0 fully saturated rings. The molecule has 0 bridgehead atoms. The summed E-state index contributed by atoms with van der Waals surface area (Å²) in [6.45, 7) is 2.67. The summed E-state index contributed by atoms with van der Waals surface area (Å²) in [6.07, 6.45) is 0.900. The molecule has 0 saturated carbocycles. The minimum Gasteiger partial charge on any atom is -0.352 e. The number of para-hydroxylation sites is 1.